The summed E-state index contributed by atoms with van der Waals surface area (Å²) in [5.41, 5.74) is 0.928. The molecule has 10 heteroatoms. The van der Waals surface area contributed by atoms with Crippen molar-refractivity contribution >= 4 is 43.5 Å². The number of benzene rings is 2. The minimum atomic E-state index is -3.84. The van der Waals surface area contributed by atoms with Gasteiger partial charge < -0.3 is 10.2 Å². The largest absolute Gasteiger partial charge is 0.355 e. The van der Waals surface area contributed by atoms with Gasteiger partial charge in [-0.2, -0.15) is 0 Å². The minimum Gasteiger partial charge on any atom is -0.355 e. The molecule has 0 aliphatic rings. The van der Waals surface area contributed by atoms with Crippen molar-refractivity contribution < 1.29 is 22.4 Å². The van der Waals surface area contributed by atoms with E-state index >= 15 is 0 Å². The predicted octanol–water partition coefficient (Wildman–Crippen LogP) is 2.91. The van der Waals surface area contributed by atoms with Crippen LogP contribution in [-0.4, -0.2) is 50.5 Å². The van der Waals surface area contributed by atoms with Crippen molar-refractivity contribution in [3.8, 4) is 0 Å². The Morgan fingerprint density at radius 2 is 1.81 bits per heavy atom. The fourth-order valence-electron chi connectivity index (χ4n) is 2.96. The summed E-state index contributed by atoms with van der Waals surface area (Å²) in [4.78, 5) is 27.0. The first-order valence-corrected chi connectivity index (χ1v) is 12.2. The van der Waals surface area contributed by atoms with E-state index in [0.717, 1.165) is 32.7 Å². The van der Waals surface area contributed by atoms with Crippen molar-refractivity contribution in [2.24, 2.45) is 0 Å². The van der Waals surface area contributed by atoms with E-state index < -0.39 is 34.3 Å². The highest BCUT2D eigenvalue weighted by molar-refractivity contribution is 9.10. The molecule has 0 saturated carbocycles. The number of amides is 2. The van der Waals surface area contributed by atoms with Crippen molar-refractivity contribution in [2.45, 2.75) is 26.4 Å². The number of carbonyl (C=O) groups excluding carboxylic acids is 2. The van der Waals surface area contributed by atoms with Gasteiger partial charge in [-0.25, -0.2) is 12.8 Å². The number of rotatable bonds is 9. The highest BCUT2D eigenvalue weighted by Gasteiger charge is 2.29. The summed E-state index contributed by atoms with van der Waals surface area (Å²) in [5.74, 6) is -1.43. The molecule has 2 aromatic rings. The number of hydrogen-bond acceptors (Lipinski definition) is 4. The topological polar surface area (TPSA) is 86.8 Å². The van der Waals surface area contributed by atoms with Crippen LogP contribution >= 0.6 is 15.9 Å². The van der Waals surface area contributed by atoms with Gasteiger partial charge in [0.25, 0.3) is 0 Å². The van der Waals surface area contributed by atoms with Crippen LogP contribution in [0.1, 0.15) is 19.4 Å². The molecule has 0 heterocycles. The number of nitrogens with zero attached hydrogens (tertiary/aromatic N) is 2. The molecule has 0 radical (unpaired) electrons. The van der Waals surface area contributed by atoms with Crippen LogP contribution in [0.5, 0.6) is 0 Å². The number of likely N-dealkylation sites (N-methyl/N-ethyl adjacent to an activating group) is 1. The van der Waals surface area contributed by atoms with E-state index in [1.165, 1.54) is 17.0 Å². The van der Waals surface area contributed by atoms with Crippen LogP contribution in [0.25, 0.3) is 0 Å². The number of carbonyl (C=O) groups is 2. The number of anilines is 1. The molecule has 0 aliphatic heterocycles. The minimum absolute atomic E-state index is 0.109. The molecule has 0 spiro atoms. The zero-order chi connectivity index (χ0) is 23.2. The lowest BCUT2D eigenvalue weighted by atomic mass is 10.1. The summed E-state index contributed by atoms with van der Waals surface area (Å²) in [6.07, 6.45) is 0.968. The molecule has 0 fully saturated rings. The van der Waals surface area contributed by atoms with Crippen molar-refractivity contribution in [3.05, 3.63) is 64.4 Å². The van der Waals surface area contributed by atoms with Crippen LogP contribution in [0.15, 0.2) is 53.0 Å². The standard InChI is InChI=1S/C21H25BrFN3O4S/c1-4-24-21(28)15(2)25(13-16-6-5-7-17(22)12-16)20(27)14-26(31(3,29)30)19-10-8-18(23)9-11-19/h5-12,15H,4,13-14H2,1-3H3,(H,24,28)/t15-/m0/s1. The Kier molecular flexibility index (Phi) is 8.58. The molecule has 0 saturated heterocycles. The normalized spacial score (nSPS) is 12.2. The smallest absolute Gasteiger partial charge is 0.244 e. The number of halogens is 2. The second kappa shape index (κ2) is 10.7. The van der Waals surface area contributed by atoms with Gasteiger partial charge in [-0.05, 0) is 55.8 Å². The Hall–Kier alpha value is -2.46. The van der Waals surface area contributed by atoms with Gasteiger partial charge in [0.15, 0.2) is 0 Å². The molecule has 2 rings (SSSR count). The molecule has 0 aliphatic carbocycles. The average molecular weight is 514 g/mol. The molecule has 1 atom stereocenters. The van der Waals surface area contributed by atoms with E-state index in [0.29, 0.717) is 6.54 Å². The third-order valence-corrected chi connectivity index (χ3v) is 6.19. The first kappa shape index (κ1) is 24.8. The van der Waals surface area contributed by atoms with Crippen LogP contribution in [0.3, 0.4) is 0 Å². The third-order valence-electron chi connectivity index (χ3n) is 4.55. The highest BCUT2D eigenvalue weighted by atomic mass is 79.9. The van der Waals surface area contributed by atoms with E-state index in [-0.39, 0.29) is 18.1 Å². The number of sulfonamides is 1. The number of nitrogens with one attached hydrogen (secondary N) is 1. The first-order chi connectivity index (χ1) is 14.5. The third kappa shape index (κ3) is 7.03. The molecule has 0 aromatic heterocycles. The lowest BCUT2D eigenvalue weighted by molar-refractivity contribution is -0.139. The lowest BCUT2D eigenvalue weighted by Crippen LogP contribution is -2.51. The molecule has 31 heavy (non-hydrogen) atoms. The summed E-state index contributed by atoms with van der Waals surface area (Å²) >= 11 is 3.38. The molecule has 0 bridgehead atoms. The molecule has 0 unspecified atom stereocenters. The molecule has 168 valence electrons. The Morgan fingerprint density at radius 1 is 1.16 bits per heavy atom. The predicted molar refractivity (Wildman–Crippen MR) is 121 cm³/mol. The van der Waals surface area contributed by atoms with Crippen LogP contribution in [0.2, 0.25) is 0 Å². The molecular weight excluding hydrogens is 489 g/mol. The lowest BCUT2D eigenvalue weighted by Gasteiger charge is -2.31. The van der Waals surface area contributed by atoms with E-state index in [2.05, 4.69) is 21.2 Å². The maximum Gasteiger partial charge on any atom is 0.244 e. The summed E-state index contributed by atoms with van der Waals surface area (Å²) < 4.78 is 39.7. The van der Waals surface area contributed by atoms with Crippen LogP contribution in [0, 0.1) is 5.82 Å². The molecule has 1 N–H and O–H groups in total. The van der Waals surface area contributed by atoms with Gasteiger partial charge >= 0.3 is 0 Å². The Bertz CT molecular complexity index is 1030. The summed E-state index contributed by atoms with van der Waals surface area (Å²) in [7, 11) is -3.84. The van der Waals surface area contributed by atoms with Crippen molar-refractivity contribution in [1.29, 1.82) is 0 Å². The SMILES string of the molecule is CCNC(=O)[C@H](C)N(Cc1cccc(Br)c1)C(=O)CN(c1ccc(F)cc1)S(C)(=O)=O. The van der Waals surface area contributed by atoms with Crippen LogP contribution in [-0.2, 0) is 26.2 Å². The van der Waals surface area contributed by atoms with Gasteiger partial charge in [-0.1, -0.05) is 28.1 Å². The quantitative estimate of drug-likeness (QED) is 0.558. The molecule has 7 nitrogen and oxygen atoms in total. The Labute approximate surface area is 190 Å². The second-order valence-corrected chi connectivity index (χ2v) is 9.79. The van der Waals surface area contributed by atoms with Crippen molar-refractivity contribution in [2.75, 3.05) is 23.7 Å². The fraction of sp³-hybridized carbons (Fsp3) is 0.333. The highest BCUT2D eigenvalue weighted by Crippen LogP contribution is 2.20. The van der Waals surface area contributed by atoms with Crippen LogP contribution in [0.4, 0.5) is 10.1 Å². The summed E-state index contributed by atoms with van der Waals surface area (Å²) in [5, 5.41) is 2.68. The van der Waals surface area contributed by atoms with E-state index in [1.54, 1.807) is 19.9 Å². The van der Waals surface area contributed by atoms with E-state index in [4.69, 9.17) is 0 Å². The molecular formula is C21H25BrFN3O4S. The fourth-order valence-corrected chi connectivity index (χ4v) is 4.25. The average Bonchev–Trinajstić information content (AvgIpc) is 2.70. The summed E-state index contributed by atoms with van der Waals surface area (Å²) in [6, 6.07) is 11.3. The van der Waals surface area contributed by atoms with Gasteiger partial charge in [0.2, 0.25) is 21.8 Å². The first-order valence-electron chi connectivity index (χ1n) is 9.57. The van der Waals surface area contributed by atoms with Gasteiger partial charge in [-0.15, -0.1) is 0 Å². The monoisotopic (exact) mass is 513 g/mol. The number of hydrogen-bond donors (Lipinski definition) is 1. The van der Waals surface area contributed by atoms with Crippen molar-refractivity contribution in [3.63, 3.8) is 0 Å². The van der Waals surface area contributed by atoms with Crippen molar-refractivity contribution in [1.82, 2.24) is 10.2 Å². The van der Waals surface area contributed by atoms with Gasteiger partial charge in [-0.3, -0.25) is 13.9 Å². The van der Waals surface area contributed by atoms with E-state index in [1.807, 2.05) is 18.2 Å². The zero-order valence-corrected chi connectivity index (χ0v) is 19.9. The second-order valence-electron chi connectivity index (χ2n) is 6.97. The van der Waals surface area contributed by atoms with Gasteiger partial charge in [0.05, 0.1) is 11.9 Å². The summed E-state index contributed by atoms with van der Waals surface area (Å²) in [6.45, 7) is 3.33. The Balaban J connectivity index is 2.37. The van der Waals surface area contributed by atoms with Crippen LogP contribution < -0.4 is 9.62 Å². The van der Waals surface area contributed by atoms with Gasteiger partial charge in [0.1, 0.15) is 18.4 Å². The Morgan fingerprint density at radius 3 is 2.35 bits per heavy atom. The zero-order valence-electron chi connectivity index (χ0n) is 17.5. The maximum atomic E-state index is 13.3. The maximum absolute atomic E-state index is 13.3. The van der Waals surface area contributed by atoms with E-state index in [9.17, 15) is 22.4 Å². The molecule has 2 amide bonds. The molecule has 2 aromatic carbocycles. The van der Waals surface area contributed by atoms with Gasteiger partial charge in [0, 0.05) is 17.6 Å².